The summed E-state index contributed by atoms with van der Waals surface area (Å²) in [6.45, 7) is 0.352. The van der Waals surface area contributed by atoms with Gasteiger partial charge in [-0.25, -0.2) is 4.79 Å². The lowest BCUT2D eigenvalue weighted by Crippen LogP contribution is -2.00. The van der Waals surface area contributed by atoms with Crippen LogP contribution >= 0.6 is 0 Å². The van der Waals surface area contributed by atoms with E-state index in [1.54, 1.807) is 24.3 Å². The SMILES string of the molecule is O=C(O)C(=COCc1ccccc1)c1ccccc1. The fraction of sp³-hybridized carbons (Fsp3) is 0.0625. The molecule has 0 aliphatic rings. The van der Waals surface area contributed by atoms with Crippen molar-refractivity contribution in [3.8, 4) is 0 Å². The van der Waals surface area contributed by atoms with Gasteiger partial charge >= 0.3 is 5.97 Å². The normalized spacial score (nSPS) is 11.1. The first-order chi connectivity index (χ1) is 9.27. The number of ether oxygens (including phenoxy) is 1. The van der Waals surface area contributed by atoms with Gasteiger partial charge in [-0.15, -0.1) is 0 Å². The van der Waals surface area contributed by atoms with E-state index in [4.69, 9.17) is 4.74 Å². The molecule has 2 rings (SSSR count). The molecule has 0 atom stereocenters. The highest BCUT2D eigenvalue weighted by molar-refractivity contribution is 6.14. The van der Waals surface area contributed by atoms with Crippen LogP contribution in [0.5, 0.6) is 0 Å². The molecule has 0 saturated carbocycles. The smallest absolute Gasteiger partial charge is 0.339 e. The average molecular weight is 254 g/mol. The van der Waals surface area contributed by atoms with Gasteiger partial charge in [0.1, 0.15) is 12.2 Å². The topological polar surface area (TPSA) is 46.5 Å². The molecule has 0 spiro atoms. The Kier molecular flexibility index (Phi) is 4.34. The van der Waals surface area contributed by atoms with Crippen molar-refractivity contribution in [2.75, 3.05) is 0 Å². The minimum Gasteiger partial charge on any atom is -0.496 e. The molecule has 0 fully saturated rings. The molecule has 2 aromatic carbocycles. The maximum Gasteiger partial charge on any atom is 0.339 e. The van der Waals surface area contributed by atoms with Gasteiger partial charge in [0, 0.05) is 0 Å². The van der Waals surface area contributed by atoms with Gasteiger partial charge in [-0.05, 0) is 11.1 Å². The van der Waals surface area contributed by atoms with Gasteiger partial charge < -0.3 is 9.84 Å². The minimum atomic E-state index is -1.00. The van der Waals surface area contributed by atoms with Crippen LogP contribution in [0.15, 0.2) is 66.9 Å². The van der Waals surface area contributed by atoms with Crippen LogP contribution in [0.4, 0.5) is 0 Å². The van der Waals surface area contributed by atoms with E-state index in [-0.39, 0.29) is 5.57 Å². The first-order valence-corrected chi connectivity index (χ1v) is 5.92. The molecule has 96 valence electrons. The van der Waals surface area contributed by atoms with Crippen LogP contribution in [0.1, 0.15) is 11.1 Å². The number of benzene rings is 2. The molecule has 0 aliphatic carbocycles. The monoisotopic (exact) mass is 254 g/mol. The summed E-state index contributed by atoms with van der Waals surface area (Å²) in [7, 11) is 0. The van der Waals surface area contributed by atoms with E-state index in [9.17, 15) is 9.90 Å². The maximum atomic E-state index is 11.2. The molecule has 0 heterocycles. The quantitative estimate of drug-likeness (QED) is 0.657. The predicted molar refractivity (Wildman–Crippen MR) is 73.3 cm³/mol. The maximum absolute atomic E-state index is 11.2. The number of carboxylic acid groups (broad SMARTS) is 1. The minimum absolute atomic E-state index is 0.150. The first-order valence-electron chi connectivity index (χ1n) is 5.92. The molecule has 0 saturated heterocycles. The van der Waals surface area contributed by atoms with Crippen LogP contribution in [0.2, 0.25) is 0 Å². The average Bonchev–Trinajstić information content (AvgIpc) is 2.45. The molecule has 0 bridgehead atoms. The third kappa shape index (κ3) is 3.71. The van der Waals surface area contributed by atoms with Crippen LogP contribution in [-0.4, -0.2) is 11.1 Å². The summed E-state index contributed by atoms with van der Waals surface area (Å²) < 4.78 is 5.35. The van der Waals surface area contributed by atoms with Crippen LogP contribution in [0.25, 0.3) is 5.57 Å². The molecule has 0 unspecified atom stereocenters. The summed E-state index contributed by atoms with van der Waals surface area (Å²) in [5.41, 5.74) is 1.77. The van der Waals surface area contributed by atoms with Crippen molar-refractivity contribution < 1.29 is 14.6 Å². The fourth-order valence-electron chi connectivity index (χ4n) is 1.66. The number of hydrogen-bond donors (Lipinski definition) is 1. The molecular formula is C16H14O3. The van der Waals surface area contributed by atoms with Gasteiger partial charge in [0.2, 0.25) is 0 Å². The highest BCUT2D eigenvalue weighted by Gasteiger charge is 2.10. The Morgan fingerprint density at radius 1 is 1.00 bits per heavy atom. The van der Waals surface area contributed by atoms with Gasteiger partial charge in [0.25, 0.3) is 0 Å². The van der Waals surface area contributed by atoms with Crippen molar-refractivity contribution in [2.24, 2.45) is 0 Å². The summed E-state index contributed by atoms with van der Waals surface area (Å²) in [4.78, 5) is 11.2. The Morgan fingerprint density at radius 3 is 2.16 bits per heavy atom. The lowest BCUT2D eigenvalue weighted by molar-refractivity contribution is -0.130. The number of carbonyl (C=O) groups is 1. The van der Waals surface area contributed by atoms with E-state index < -0.39 is 5.97 Å². The van der Waals surface area contributed by atoms with Crippen LogP contribution in [0, 0.1) is 0 Å². The van der Waals surface area contributed by atoms with Crippen LogP contribution in [-0.2, 0) is 16.1 Å². The Morgan fingerprint density at radius 2 is 1.58 bits per heavy atom. The highest BCUT2D eigenvalue weighted by Crippen LogP contribution is 2.15. The number of hydrogen-bond acceptors (Lipinski definition) is 2. The molecule has 3 nitrogen and oxygen atoms in total. The van der Waals surface area contributed by atoms with Crippen molar-refractivity contribution >= 4 is 11.5 Å². The summed E-state index contributed by atoms with van der Waals surface area (Å²) in [6.07, 6.45) is 1.30. The molecule has 1 N–H and O–H groups in total. The predicted octanol–water partition coefficient (Wildman–Crippen LogP) is 3.33. The molecule has 0 aliphatic heterocycles. The van der Waals surface area contributed by atoms with E-state index in [2.05, 4.69) is 0 Å². The van der Waals surface area contributed by atoms with Crippen molar-refractivity contribution in [3.05, 3.63) is 78.1 Å². The Hall–Kier alpha value is -2.55. The molecule has 19 heavy (non-hydrogen) atoms. The van der Waals surface area contributed by atoms with E-state index in [1.807, 2.05) is 36.4 Å². The lowest BCUT2D eigenvalue weighted by Gasteiger charge is -2.05. The molecule has 0 aromatic heterocycles. The third-order valence-electron chi connectivity index (χ3n) is 2.61. The van der Waals surface area contributed by atoms with Crippen molar-refractivity contribution in [2.45, 2.75) is 6.61 Å². The zero-order valence-electron chi connectivity index (χ0n) is 10.3. The van der Waals surface area contributed by atoms with Gasteiger partial charge in [0.15, 0.2) is 0 Å². The third-order valence-corrected chi connectivity index (χ3v) is 2.61. The van der Waals surface area contributed by atoms with Gasteiger partial charge in [-0.3, -0.25) is 0 Å². The summed E-state index contributed by atoms with van der Waals surface area (Å²) in [6, 6.07) is 18.5. The van der Waals surface area contributed by atoms with E-state index in [0.29, 0.717) is 12.2 Å². The second-order valence-electron chi connectivity index (χ2n) is 4.00. The van der Waals surface area contributed by atoms with Crippen LogP contribution < -0.4 is 0 Å². The second kappa shape index (κ2) is 6.40. The van der Waals surface area contributed by atoms with E-state index in [1.165, 1.54) is 6.26 Å². The Bertz CT molecular complexity index is 559. The van der Waals surface area contributed by atoms with Crippen molar-refractivity contribution in [1.82, 2.24) is 0 Å². The fourth-order valence-corrected chi connectivity index (χ4v) is 1.66. The Labute approximate surface area is 111 Å². The van der Waals surface area contributed by atoms with Gasteiger partial charge in [-0.1, -0.05) is 60.7 Å². The number of rotatable bonds is 5. The second-order valence-corrected chi connectivity index (χ2v) is 4.00. The zero-order chi connectivity index (χ0) is 13.5. The summed E-state index contributed by atoms with van der Waals surface area (Å²) in [5, 5.41) is 9.18. The summed E-state index contributed by atoms with van der Waals surface area (Å²) in [5.74, 6) is -1.00. The lowest BCUT2D eigenvalue weighted by atomic mass is 10.1. The Balaban J connectivity index is 2.08. The summed E-state index contributed by atoms with van der Waals surface area (Å²) >= 11 is 0. The van der Waals surface area contributed by atoms with Gasteiger partial charge in [0.05, 0.1) is 6.26 Å². The van der Waals surface area contributed by atoms with Gasteiger partial charge in [-0.2, -0.15) is 0 Å². The van der Waals surface area contributed by atoms with Crippen LogP contribution in [0.3, 0.4) is 0 Å². The van der Waals surface area contributed by atoms with Crippen molar-refractivity contribution in [1.29, 1.82) is 0 Å². The number of aliphatic carboxylic acids is 1. The van der Waals surface area contributed by atoms with E-state index >= 15 is 0 Å². The molecule has 0 amide bonds. The molecular weight excluding hydrogens is 240 g/mol. The zero-order valence-corrected chi connectivity index (χ0v) is 10.3. The molecule has 0 radical (unpaired) electrons. The molecule has 2 aromatic rings. The molecule has 3 heteroatoms. The van der Waals surface area contributed by atoms with E-state index in [0.717, 1.165) is 5.56 Å². The standard InChI is InChI=1S/C16H14O3/c17-16(18)15(14-9-5-2-6-10-14)12-19-11-13-7-3-1-4-8-13/h1-10,12H,11H2,(H,17,18). The number of carboxylic acids is 1. The highest BCUT2D eigenvalue weighted by atomic mass is 16.5. The van der Waals surface area contributed by atoms with Crippen molar-refractivity contribution in [3.63, 3.8) is 0 Å². The largest absolute Gasteiger partial charge is 0.496 e. The first kappa shape index (κ1) is 12.9.